The number of ether oxygens (including phenoxy) is 1. The van der Waals surface area contributed by atoms with Gasteiger partial charge in [0.2, 0.25) is 0 Å². The van der Waals surface area contributed by atoms with Crippen LogP contribution in [0.25, 0.3) is 0 Å². The number of aliphatic hydroxyl groups excluding tert-OH is 1. The van der Waals surface area contributed by atoms with E-state index in [9.17, 15) is 5.11 Å². The second-order valence-electron chi connectivity index (χ2n) is 4.86. The van der Waals surface area contributed by atoms with Crippen molar-refractivity contribution < 1.29 is 9.84 Å². The summed E-state index contributed by atoms with van der Waals surface area (Å²) in [6, 6.07) is 6.06. The number of allylic oxidation sites excluding steroid dienone is 1. The molecule has 0 aromatic heterocycles. The van der Waals surface area contributed by atoms with Gasteiger partial charge in [-0.05, 0) is 62.4 Å². The van der Waals surface area contributed by atoms with Crippen LogP contribution in [0, 0.1) is 0 Å². The fourth-order valence-corrected chi connectivity index (χ4v) is 2.15. The highest BCUT2D eigenvalue weighted by atomic mass is 16.5. The van der Waals surface area contributed by atoms with E-state index in [2.05, 4.69) is 26.0 Å². The molecule has 0 saturated carbocycles. The van der Waals surface area contributed by atoms with Crippen molar-refractivity contribution in [2.24, 2.45) is 0 Å². The highest BCUT2D eigenvalue weighted by Crippen LogP contribution is 2.32. The molecule has 1 aromatic rings. The largest absolute Gasteiger partial charge is 0.490 e. The van der Waals surface area contributed by atoms with Gasteiger partial charge >= 0.3 is 0 Å². The summed E-state index contributed by atoms with van der Waals surface area (Å²) in [4.78, 5) is 0. The summed E-state index contributed by atoms with van der Waals surface area (Å²) < 4.78 is 5.64. The summed E-state index contributed by atoms with van der Waals surface area (Å²) in [7, 11) is 0. The predicted molar refractivity (Wildman–Crippen MR) is 69.3 cm³/mol. The SMILES string of the molecule is CC(C)=CCOc1ccc2c(c1)[C@H](O)CCC2. The fourth-order valence-electron chi connectivity index (χ4n) is 2.15. The van der Waals surface area contributed by atoms with Gasteiger partial charge in [0.1, 0.15) is 12.4 Å². The minimum atomic E-state index is -0.314. The average Bonchev–Trinajstić information content (AvgIpc) is 2.30. The summed E-state index contributed by atoms with van der Waals surface area (Å²) in [5.74, 6) is 0.849. The van der Waals surface area contributed by atoms with Crippen LogP contribution in [0.4, 0.5) is 0 Å². The Bertz CT molecular complexity index is 417. The van der Waals surface area contributed by atoms with Crippen molar-refractivity contribution in [1.29, 1.82) is 0 Å². The van der Waals surface area contributed by atoms with Crippen molar-refractivity contribution in [2.75, 3.05) is 6.61 Å². The topological polar surface area (TPSA) is 29.5 Å². The maximum Gasteiger partial charge on any atom is 0.120 e. The zero-order valence-electron chi connectivity index (χ0n) is 10.6. The molecule has 92 valence electrons. The van der Waals surface area contributed by atoms with E-state index in [4.69, 9.17) is 4.74 Å². The van der Waals surface area contributed by atoms with Gasteiger partial charge in [-0.3, -0.25) is 0 Å². The third-order valence-corrected chi connectivity index (χ3v) is 3.14. The number of aryl methyl sites for hydroxylation is 1. The molecule has 1 aromatic carbocycles. The summed E-state index contributed by atoms with van der Waals surface area (Å²) >= 11 is 0. The number of hydrogen-bond donors (Lipinski definition) is 1. The second kappa shape index (κ2) is 5.37. The molecular weight excluding hydrogens is 212 g/mol. The lowest BCUT2D eigenvalue weighted by Crippen LogP contribution is -2.09. The van der Waals surface area contributed by atoms with Gasteiger partial charge in [0, 0.05) is 0 Å². The molecule has 2 nitrogen and oxygen atoms in total. The molecule has 2 rings (SSSR count). The number of aliphatic hydroxyl groups is 1. The van der Waals surface area contributed by atoms with Gasteiger partial charge in [0.25, 0.3) is 0 Å². The first-order valence-corrected chi connectivity index (χ1v) is 6.24. The summed E-state index contributed by atoms with van der Waals surface area (Å²) in [5, 5.41) is 9.93. The number of rotatable bonds is 3. The molecule has 1 N–H and O–H groups in total. The van der Waals surface area contributed by atoms with E-state index in [1.54, 1.807) is 0 Å². The van der Waals surface area contributed by atoms with E-state index < -0.39 is 0 Å². The molecule has 0 aliphatic heterocycles. The predicted octanol–water partition coefficient (Wildman–Crippen LogP) is 3.40. The van der Waals surface area contributed by atoms with Gasteiger partial charge in [0.05, 0.1) is 6.10 Å². The summed E-state index contributed by atoms with van der Waals surface area (Å²) in [6.45, 7) is 4.71. The molecule has 0 bridgehead atoms. The van der Waals surface area contributed by atoms with Crippen molar-refractivity contribution in [3.63, 3.8) is 0 Å². The Morgan fingerprint density at radius 2 is 2.29 bits per heavy atom. The zero-order valence-corrected chi connectivity index (χ0v) is 10.6. The van der Waals surface area contributed by atoms with Crippen LogP contribution in [0.1, 0.15) is 43.9 Å². The molecule has 17 heavy (non-hydrogen) atoms. The minimum Gasteiger partial charge on any atom is -0.490 e. The second-order valence-corrected chi connectivity index (χ2v) is 4.86. The normalized spacial score (nSPS) is 18.4. The van der Waals surface area contributed by atoms with Crippen molar-refractivity contribution in [3.8, 4) is 5.75 Å². The van der Waals surface area contributed by atoms with Crippen molar-refractivity contribution >= 4 is 0 Å². The third-order valence-electron chi connectivity index (χ3n) is 3.14. The third kappa shape index (κ3) is 3.10. The van der Waals surface area contributed by atoms with E-state index in [1.165, 1.54) is 11.1 Å². The molecule has 0 saturated heterocycles. The molecule has 0 amide bonds. The molecule has 1 aliphatic rings. The molecule has 0 spiro atoms. The molecule has 0 fully saturated rings. The van der Waals surface area contributed by atoms with Gasteiger partial charge < -0.3 is 9.84 Å². The quantitative estimate of drug-likeness (QED) is 0.809. The Balaban J connectivity index is 2.10. The smallest absolute Gasteiger partial charge is 0.120 e. The van der Waals surface area contributed by atoms with Crippen molar-refractivity contribution in [1.82, 2.24) is 0 Å². The first-order valence-electron chi connectivity index (χ1n) is 6.24. The lowest BCUT2D eigenvalue weighted by atomic mass is 9.89. The Labute approximate surface area is 103 Å². The van der Waals surface area contributed by atoms with Crippen LogP contribution in [0.3, 0.4) is 0 Å². The minimum absolute atomic E-state index is 0.314. The lowest BCUT2D eigenvalue weighted by molar-refractivity contribution is 0.156. The van der Waals surface area contributed by atoms with E-state index >= 15 is 0 Å². The van der Waals surface area contributed by atoms with Crippen LogP contribution in [0.2, 0.25) is 0 Å². The fraction of sp³-hybridized carbons (Fsp3) is 0.467. The van der Waals surface area contributed by atoms with Crippen LogP contribution in [-0.2, 0) is 6.42 Å². The Morgan fingerprint density at radius 3 is 3.06 bits per heavy atom. The van der Waals surface area contributed by atoms with Gasteiger partial charge in [-0.1, -0.05) is 11.6 Å². The molecule has 1 atom stereocenters. The van der Waals surface area contributed by atoms with E-state index in [-0.39, 0.29) is 6.10 Å². The summed E-state index contributed by atoms with van der Waals surface area (Å²) in [6.07, 6.45) is 4.75. The average molecular weight is 232 g/mol. The van der Waals surface area contributed by atoms with Crippen LogP contribution < -0.4 is 4.74 Å². The molecule has 0 radical (unpaired) electrons. The Kier molecular flexibility index (Phi) is 3.85. The maximum absolute atomic E-state index is 9.93. The van der Waals surface area contributed by atoms with Gasteiger partial charge in [-0.15, -0.1) is 0 Å². The summed E-state index contributed by atoms with van der Waals surface area (Å²) in [5.41, 5.74) is 3.56. The molecule has 2 heteroatoms. The van der Waals surface area contributed by atoms with Gasteiger partial charge in [-0.2, -0.15) is 0 Å². The van der Waals surface area contributed by atoms with Crippen molar-refractivity contribution in [2.45, 2.75) is 39.2 Å². The van der Waals surface area contributed by atoms with E-state index in [1.807, 2.05) is 12.1 Å². The van der Waals surface area contributed by atoms with Gasteiger partial charge in [-0.25, -0.2) is 0 Å². The standard InChI is InChI=1S/C15H20O2/c1-11(2)8-9-17-13-7-6-12-4-3-5-15(16)14(12)10-13/h6-8,10,15-16H,3-5,9H2,1-2H3/t15-/m1/s1. The maximum atomic E-state index is 9.93. The number of benzene rings is 1. The van der Waals surface area contributed by atoms with Gasteiger partial charge in [0.15, 0.2) is 0 Å². The Hall–Kier alpha value is -1.28. The van der Waals surface area contributed by atoms with Crippen LogP contribution in [0.15, 0.2) is 29.8 Å². The molecule has 0 unspecified atom stereocenters. The monoisotopic (exact) mass is 232 g/mol. The first kappa shape index (κ1) is 12.2. The first-order chi connectivity index (χ1) is 8.16. The molecule has 0 heterocycles. The van der Waals surface area contributed by atoms with E-state index in [0.29, 0.717) is 6.61 Å². The highest BCUT2D eigenvalue weighted by molar-refractivity contribution is 5.38. The lowest BCUT2D eigenvalue weighted by Gasteiger charge is -2.21. The van der Waals surface area contributed by atoms with E-state index in [0.717, 1.165) is 30.6 Å². The number of fused-ring (bicyclic) bond motifs is 1. The van der Waals surface area contributed by atoms with Crippen LogP contribution >= 0.6 is 0 Å². The Morgan fingerprint density at radius 1 is 1.47 bits per heavy atom. The van der Waals surface area contributed by atoms with Crippen molar-refractivity contribution in [3.05, 3.63) is 41.0 Å². The zero-order chi connectivity index (χ0) is 12.3. The highest BCUT2D eigenvalue weighted by Gasteiger charge is 2.18. The molecular formula is C15H20O2. The molecule has 1 aliphatic carbocycles. The van der Waals surface area contributed by atoms with Crippen LogP contribution in [-0.4, -0.2) is 11.7 Å². The number of hydrogen-bond acceptors (Lipinski definition) is 2. The van der Waals surface area contributed by atoms with Crippen LogP contribution in [0.5, 0.6) is 5.75 Å².